The molecule has 1 N–H and O–H groups in total. The zero-order valence-electron chi connectivity index (χ0n) is 12.1. The molecule has 4 heteroatoms. The molecule has 1 aromatic carbocycles. The van der Waals surface area contributed by atoms with Crippen molar-refractivity contribution in [1.82, 2.24) is 9.88 Å². The van der Waals surface area contributed by atoms with Crippen molar-refractivity contribution < 1.29 is 0 Å². The average Bonchev–Trinajstić information content (AvgIpc) is 2.76. The zero-order chi connectivity index (χ0) is 14.5. The number of benzene rings is 1. The molecule has 0 amide bonds. The first-order valence-corrected chi connectivity index (χ1v) is 7.98. The maximum atomic E-state index is 6.20. The van der Waals surface area contributed by atoms with E-state index in [1.54, 1.807) is 6.07 Å². The fourth-order valence-electron chi connectivity index (χ4n) is 2.34. The largest absolute Gasteiger partial charge is 0.347 e. The van der Waals surface area contributed by atoms with E-state index in [9.17, 15) is 0 Å². The quantitative estimate of drug-likeness (QED) is 0.714. The molecule has 0 aliphatic heterocycles. The molecule has 0 radical (unpaired) electrons. The van der Waals surface area contributed by atoms with Crippen molar-refractivity contribution in [3.8, 4) is 0 Å². The van der Waals surface area contributed by atoms with Gasteiger partial charge in [0.1, 0.15) is 0 Å². The van der Waals surface area contributed by atoms with Gasteiger partial charge in [0.2, 0.25) is 0 Å². The molecule has 2 rings (SSSR count). The van der Waals surface area contributed by atoms with Crippen molar-refractivity contribution in [1.29, 1.82) is 0 Å². The van der Waals surface area contributed by atoms with E-state index in [0.717, 1.165) is 42.0 Å². The van der Waals surface area contributed by atoms with E-state index >= 15 is 0 Å². The maximum Gasteiger partial charge on any atom is 0.0514 e. The summed E-state index contributed by atoms with van der Waals surface area (Å²) >= 11 is 12.3. The highest BCUT2D eigenvalue weighted by Gasteiger charge is 2.06. The van der Waals surface area contributed by atoms with Crippen LogP contribution in [-0.4, -0.2) is 17.7 Å². The Balaban J connectivity index is 1.87. The SMILES string of the molecule is CC(C)CNCCCCn1ccc2c(Cl)cc(Cl)cc21. The molecule has 1 heterocycles. The lowest BCUT2D eigenvalue weighted by Crippen LogP contribution is -2.20. The van der Waals surface area contributed by atoms with Crippen LogP contribution < -0.4 is 5.32 Å². The van der Waals surface area contributed by atoms with E-state index in [2.05, 4.69) is 36.0 Å². The van der Waals surface area contributed by atoms with Crippen LogP contribution in [0.4, 0.5) is 0 Å². The number of hydrogen-bond donors (Lipinski definition) is 1. The van der Waals surface area contributed by atoms with E-state index in [1.165, 1.54) is 6.42 Å². The molecule has 0 aliphatic rings. The standard InChI is InChI=1S/C16H22Cl2N2/c1-12(2)11-19-6-3-4-7-20-8-5-14-15(18)9-13(17)10-16(14)20/h5,8-10,12,19H,3-4,6-7,11H2,1-2H3. The summed E-state index contributed by atoms with van der Waals surface area (Å²) in [6, 6.07) is 5.84. The molecule has 20 heavy (non-hydrogen) atoms. The molecule has 0 atom stereocenters. The Morgan fingerprint density at radius 3 is 2.75 bits per heavy atom. The summed E-state index contributed by atoms with van der Waals surface area (Å²) in [7, 11) is 0. The lowest BCUT2D eigenvalue weighted by molar-refractivity contribution is 0.522. The molecule has 0 unspecified atom stereocenters. The molecule has 1 aromatic heterocycles. The Bertz CT molecular complexity index is 561. The number of fused-ring (bicyclic) bond motifs is 1. The van der Waals surface area contributed by atoms with Gasteiger partial charge in [-0.05, 0) is 50.0 Å². The lowest BCUT2D eigenvalue weighted by atomic mass is 10.2. The molecule has 0 saturated carbocycles. The highest BCUT2D eigenvalue weighted by Crippen LogP contribution is 2.28. The van der Waals surface area contributed by atoms with Crippen LogP contribution in [0.1, 0.15) is 26.7 Å². The monoisotopic (exact) mass is 312 g/mol. The Morgan fingerprint density at radius 2 is 2.00 bits per heavy atom. The third-order valence-corrected chi connectivity index (χ3v) is 3.89. The first-order valence-electron chi connectivity index (χ1n) is 7.22. The van der Waals surface area contributed by atoms with Crippen molar-refractivity contribution >= 4 is 34.1 Å². The van der Waals surface area contributed by atoms with Crippen molar-refractivity contribution in [2.75, 3.05) is 13.1 Å². The summed E-state index contributed by atoms with van der Waals surface area (Å²) in [5, 5.41) is 5.97. The number of hydrogen-bond acceptors (Lipinski definition) is 1. The maximum absolute atomic E-state index is 6.20. The van der Waals surface area contributed by atoms with Gasteiger partial charge in [-0.3, -0.25) is 0 Å². The molecule has 0 fully saturated rings. The minimum Gasteiger partial charge on any atom is -0.347 e. The van der Waals surface area contributed by atoms with Crippen LogP contribution in [0, 0.1) is 5.92 Å². The van der Waals surface area contributed by atoms with Crippen LogP contribution in [0.5, 0.6) is 0 Å². The minimum absolute atomic E-state index is 0.695. The van der Waals surface area contributed by atoms with Crippen molar-refractivity contribution in [2.45, 2.75) is 33.2 Å². The van der Waals surface area contributed by atoms with Crippen LogP contribution in [0.3, 0.4) is 0 Å². The summed E-state index contributed by atoms with van der Waals surface area (Å²) in [6.45, 7) is 7.64. The summed E-state index contributed by atoms with van der Waals surface area (Å²) in [5.74, 6) is 0.715. The second-order valence-corrected chi connectivity index (χ2v) is 6.48. The normalized spacial score (nSPS) is 11.7. The molecule has 0 spiro atoms. The van der Waals surface area contributed by atoms with Crippen LogP contribution in [0.2, 0.25) is 10.0 Å². The number of rotatable bonds is 7. The Hall–Kier alpha value is -0.700. The third kappa shape index (κ3) is 4.15. The highest BCUT2D eigenvalue weighted by molar-refractivity contribution is 6.38. The predicted molar refractivity (Wildman–Crippen MR) is 88.9 cm³/mol. The van der Waals surface area contributed by atoms with E-state index < -0.39 is 0 Å². The molecular weight excluding hydrogens is 291 g/mol. The zero-order valence-corrected chi connectivity index (χ0v) is 13.6. The van der Waals surface area contributed by atoms with Crippen molar-refractivity contribution in [3.63, 3.8) is 0 Å². The van der Waals surface area contributed by atoms with Gasteiger partial charge in [-0.15, -0.1) is 0 Å². The summed E-state index contributed by atoms with van der Waals surface area (Å²) in [4.78, 5) is 0. The number of nitrogens with zero attached hydrogens (tertiary/aromatic N) is 1. The van der Waals surface area contributed by atoms with E-state index in [1.807, 2.05) is 6.07 Å². The number of nitrogens with one attached hydrogen (secondary N) is 1. The van der Waals surface area contributed by atoms with Gasteiger partial charge in [-0.1, -0.05) is 37.0 Å². The van der Waals surface area contributed by atoms with Crippen LogP contribution in [0.15, 0.2) is 24.4 Å². The Kier molecular flexibility index (Phi) is 5.76. The van der Waals surface area contributed by atoms with Gasteiger partial charge in [-0.2, -0.15) is 0 Å². The Morgan fingerprint density at radius 1 is 1.20 bits per heavy atom. The van der Waals surface area contributed by atoms with Gasteiger partial charge >= 0.3 is 0 Å². The second kappa shape index (κ2) is 7.35. The summed E-state index contributed by atoms with van der Waals surface area (Å²) in [5.41, 5.74) is 1.12. The molecule has 0 saturated heterocycles. The third-order valence-electron chi connectivity index (χ3n) is 3.36. The number of aromatic nitrogens is 1. The van der Waals surface area contributed by atoms with Gasteiger partial charge in [0, 0.05) is 23.2 Å². The van der Waals surface area contributed by atoms with Crippen LogP contribution >= 0.6 is 23.2 Å². The van der Waals surface area contributed by atoms with Crippen LogP contribution in [0.25, 0.3) is 10.9 Å². The Labute approximate surface area is 131 Å². The first kappa shape index (κ1) is 15.7. The predicted octanol–water partition coefficient (Wildman–Crippen LogP) is 4.97. The molecular formula is C16H22Cl2N2. The van der Waals surface area contributed by atoms with Crippen molar-refractivity contribution in [3.05, 3.63) is 34.4 Å². The fourth-order valence-corrected chi connectivity index (χ4v) is 2.88. The van der Waals surface area contributed by atoms with E-state index in [-0.39, 0.29) is 0 Å². The first-order chi connectivity index (χ1) is 9.58. The number of unbranched alkanes of at least 4 members (excludes halogenated alkanes) is 1. The fraction of sp³-hybridized carbons (Fsp3) is 0.500. The number of aryl methyl sites for hydroxylation is 1. The lowest BCUT2D eigenvalue weighted by Gasteiger charge is -2.08. The van der Waals surface area contributed by atoms with Crippen molar-refractivity contribution in [2.24, 2.45) is 5.92 Å². The highest BCUT2D eigenvalue weighted by atomic mass is 35.5. The topological polar surface area (TPSA) is 17.0 Å². The van der Waals surface area contributed by atoms with E-state index in [4.69, 9.17) is 23.2 Å². The summed E-state index contributed by atoms with van der Waals surface area (Å²) < 4.78 is 2.23. The minimum atomic E-state index is 0.695. The molecule has 0 bridgehead atoms. The smallest absolute Gasteiger partial charge is 0.0514 e. The van der Waals surface area contributed by atoms with Gasteiger partial charge in [0.25, 0.3) is 0 Å². The van der Waals surface area contributed by atoms with Crippen LogP contribution in [-0.2, 0) is 6.54 Å². The second-order valence-electron chi connectivity index (χ2n) is 5.63. The van der Waals surface area contributed by atoms with Gasteiger partial charge in [-0.25, -0.2) is 0 Å². The van der Waals surface area contributed by atoms with Gasteiger partial charge in [0.15, 0.2) is 0 Å². The summed E-state index contributed by atoms with van der Waals surface area (Å²) in [6.07, 6.45) is 4.42. The van der Waals surface area contributed by atoms with Gasteiger partial charge in [0.05, 0.1) is 10.5 Å². The molecule has 2 aromatic rings. The molecule has 110 valence electrons. The number of halogens is 2. The molecule has 0 aliphatic carbocycles. The molecule has 2 nitrogen and oxygen atoms in total. The van der Waals surface area contributed by atoms with E-state index in [0.29, 0.717) is 10.9 Å². The average molecular weight is 313 g/mol. The van der Waals surface area contributed by atoms with Gasteiger partial charge < -0.3 is 9.88 Å².